The van der Waals surface area contributed by atoms with Crippen LogP contribution >= 0.6 is 11.7 Å². The summed E-state index contributed by atoms with van der Waals surface area (Å²) in [6.45, 7) is 7.24. The topological polar surface area (TPSA) is 69.2 Å². The SMILES string of the molecule is C(#Cc1ccc(C#Cc2ccc(N(CCOCc3cccc4ccccc34)CCOCc3cccc4ccccc34)cc2)c2nsnc12)c1ccc(N(CCOCc2cccc3ccccc23)CCOCc2cccc3ccccc23)cc1. The Balaban J connectivity index is 0.696. The summed E-state index contributed by atoms with van der Waals surface area (Å²) in [7, 11) is 0. The van der Waals surface area contributed by atoms with Gasteiger partial charge < -0.3 is 28.7 Å². The van der Waals surface area contributed by atoms with Gasteiger partial charge in [-0.15, -0.1) is 0 Å². The van der Waals surface area contributed by atoms with Gasteiger partial charge in [-0.25, -0.2) is 0 Å². The van der Waals surface area contributed by atoms with Crippen molar-refractivity contribution in [2.45, 2.75) is 26.4 Å². The summed E-state index contributed by atoms with van der Waals surface area (Å²) >= 11 is 1.18. The van der Waals surface area contributed by atoms with Crippen molar-refractivity contribution in [2.24, 2.45) is 0 Å². The molecule has 408 valence electrons. The Hall–Kier alpha value is -9.16. The molecule has 12 rings (SSSR count). The van der Waals surface area contributed by atoms with Gasteiger partial charge in [0.15, 0.2) is 0 Å². The number of ether oxygens (including phenoxy) is 4. The highest BCUT2D eigenvalue weighted by molar-refractivity contribution is 7.00. The molecule has 0 aliphatic rings. The first-order chi connectivity index (χ1) is 41.2. The molecule has 12 aromatic rings. The third-order valence-electron chi connectivity index (χ3n) is 15.1. The second-order valence-corrected chi connectivity index (χ2v) is 21.0. The van der Waals surface area contributed by atoms with Gasteiger partial charge in [-0.1, -0.05) is 194 Å². The Labute approximate surface area is 489 Å². The minimum Gasteiger partial charge on any atom is -0.375 e. The molecule has 0 spiro atoms. The van der Waals surface area contributed by atoms with Gasteiger partial charge >= 0.3 is 0 Å². The maximum atomic E-state index is 6.33. The van der Waals surface area contributed by atoms with Gasteiger partial charge in [0.05, 0.1) is 75.7 Å². The monoisotopic (exact) mass is 1100 g/mol. The maximum absolute atomic E-state index is 6.33. The van der Waals surface area contributed by atoms with Crippen LogP contribution in [0.4, 0.5) is 11.4 Å². The lowest BCUT2D eigenvalue weighted by Crippen LogP contribution is -2.31. The van der Waals surface area contributed by atoms with Crippen molar-refractivity contribution in [3.8, 4) is 23.7 Å². The first-order valence-corrected chi connectivity index (χ1v) is 29.1. The molecule has 1 aromatic heterocycles. The summed E-state index contributed by atoms with van der Waals surface area (Å²) < 4.78 is 34.7. The minimum absolute atomic E-state index is 0.543. The predicted molar refractivity (Wildman–Crippen MR) is 341 cm³/mol. The Morgan fingerprint density at radius 3 is 0.904 bits per heavy atom. The second kappa shape index (κ2) is 27.1. The first kappa shape index (κ1) is 54.4. The van der Waals surface area contributed by atoms with Gasteiger partial charge in [0.2, 0.25) is 0 Å². The Bertz CT molecular complexity index is 3820. The van der Waals surface area contributed by atoms with E-state index in [1.807, 2.05) is 12.1 Å². The van der Waals surface area contributed by atoms with Crippen LogP contribution < -0.4 is 9.80 Å². The fourth-order valence-corrected chi connectivity index (χ4v) is 11.3. The van der Waals surface area contributed by atoms with E-state index >= 15 is 0 Å². The molecular formula is C74H62N4O4S. The molecule has 83 heavy (non-hydrogen) atoms. The average molecular weight is 1100 g/mol. The zero-order valence-corrected chi connectivity index (χ0v) is 47.1. The molecule has 11 aromatic carbocycles. The number of benzene rings is 11. The zero-order chi connectivity index (χ0) is 55.8. The molecule has 0 unspecified atom stereocenters. The van der Waals surface area contributed by atoms with Crippen LogP contribution in [0.1, 0.15) is 44.5 Å². The molecule has 0 fully saturated rings. The van der Waals surface area contributed by atoms with Gasteiger partial charge in [-0.2, -0.15) is 8.75 Å². The van der Waals surface area contributed by atoms with Crippen LogP contribution in [0.5, 0.6) is 0 Å². The van der Waals surface area contributed by atoms with Crippen LogP contribution in [0.25, 0.3) is 54.1 Å². The van der Waals surface area contributed by atoms with Gasteiger partial charge in [0, 0.05) is 48.7 Å². The molecule has 0 atom stereocenters. The molecular weight excluding hydrogens is 1040 g/mol. The number of aromatic nitrogens is 2. The smallest absolute Gasteiger partial charge is 0.121 e. The van der Waals surface area contributed by atoms with Crippen molar-refractivity contribution < 1.29 is 18.9 Å². The van der Waals surface area contributed by atoms with E-state index in [0.717, 1.165) is 44.7 Å². The molecule has 0 saturated carbocycles. The number of hydrogen-bond donors (Lipinski definition) is 0. The summed E-state index contributed by atoms with van der Waals surface area (Å²) in [4.78, 5) is 4.66. The van der Waals surface area contributed by atoms with Crippen molar-refractivity contribution in [2.75, 3.05) is 62.4 Å². The van der Waals surface area contributed by atoms with Crippen LogP contribution in [-0.4, -0.2) is 61.4 Å². The van der Waals surface area contributed by atoms with E-state index in [1.165, 1.54) is 77.1 Å². The highest BCUT2D eigenvalue weighted by Crippen LogP contribution is 2.26. The molecule has 0 saturated heterocycles. The summed E-state index contributed by atoms with van der Waals surface area (Å²) in [5.74, 6) is 13.6. The lowest BCUT2D eigenvalue weighted by atomic mass is 10.1. The van der Waals surface area contributed by atoms with Crippen LogP contribution in [0.2, 0.25) is 0 Å². The van der Waals surface area contributed by atoms with Crippen LogP contribution in [-0.2, 0) is 45.4 Å². The number of rotatable bonds is 22. The predicted octanol–water partition coefficient (Wildman–Crippen LogP) is 15.6. The van der Waals surface area contributed by atoms with E-state index in [9.17, 15) is 0 Å². The Morgan fingerprint density at radius 2 is 0.590 bits per heavy atom. The van der Waals surface area contributed by atoms with Crippen molar-refractivity contribution in [1.29, 1.82) is 0 Å². The minimum atomic E-state index is 0.543. The van der Waals surface area contributed by atoms with Crippen molar-refractivity contribution in [3.05, 3.63) is 275 Å². The van der Waals surface area contributed by atoms with E-state index in [4.69, 9.17) is 18.9 Å². The van der Waals surface area contributed by atoms with Crippen LogP contribution in [0, 0.1) is 23.7 Å². The van der Waals surface area contributed by atoms with Crippen LogP contribution in [0.3, 0.4) is 0 Å². The third kappa shape index (κ3) is 13.6. The Morgan fingerprint density at radius 1 is 0.301 bits per heavy atom. The highest BCUT2D eigenvalue weighted by atomic mass is 32.1. The quantitative estimate of drug-likeness (QED) is 0.0491. The zero-order valence-electron chi connectivity index (χ0n) is 46.3. The number of fused-ring (bicyclic) bond motifs is 5. The molecule has 0 radical (unpaired) electrons. The summed E-state index contributed by atoms with van der Waals surface area (Å²) in [5.41, 5.74) is 11.8. The second-order valence-electron chi connectivity index (χ2n) is 20.5. The number of nitrogens with zero attached hydrogens (tertiary/aromatic N) is 4. The molecule has 8 nitrogen and oxygen atoms in total. The third-order valence-corrected chi connectivity index (χ3v) is 15.7. The summed E-state index contributed by atoms with van der Waals surface area (Å²) in [6, 6.07) is 80.2. The van der Waals surface area contributed by atoms with Crippen molar-refractivity contribution >= 4 is 77.2 Å². The fraction of sp³-hybridized carbons (Fsp3) is 0.162. The van der Waals surface area contributed by atoms with Gasteiger partial charge in [-0.3, -0.25) is 0 Å². The largest absolute Gasteiger partial charge is 0.375 e. The standard InChI is InChI=1S/C74H62N4O4S/c1-5-25-69-57(13-1)17-9-21-63(69)51-79-47-43-77(44-48-80-52-64-22-10-18-58-14-2-6-26-70(58)64)67-39-31-55(32-40-67)29-35-61-37-38-62(74-73(61)75-83-76-74)36-30-56-33-41-68(42-34-56)78(45-49-81-53-65-23-11-19-59-15-3-7-27-71(59)65)46-50-82-54-66-24-12-20-60-16-4-8-28-72(60)66/h1-28,31-34,37-42H,43-54H2. The Kier molecular flexibility index (Phi) is 17.8. The normalized spacial score (nSPS) is 11.2. The van der Waals surface area contributed by atoms with E-state index < -0.39 is 0 Å². The van der Waals surface area contributed by atoms with Gasteiger partial charge in [-0.05, 0) is 126 Å². The molecule has 9 heteroatoms. The fourth-order valence-electron chi connectivity index (χ4n) is 10.7. The molecule has 0 bridgehead atoms. The average Bonchev–Trinajstić information content (AvgIpc) is 4.08. The van der Waals surface area contributed by atoms with Gasteiger partial charge in [0.25, 0.3) is 0 Å². The number of hydrogen-bond acceptors (Lipinski definition) is 9. The van der Waals surface area contributed by atoms with E-state index in [0.29, 0.717) is 79.0 Å². The van der Waals surface area contributed by atoms with Crippen molar-refractivity contribution in [1.82, 2.24) is 8.75 Å². The van der Waals surface area contributed by atoms with Crippen molar-refractivity contribution in [3.63, 3.8) is 0 Å². The maximum Gasteiger partial charge on any atom is 0.121 e. The first-order valence-electron chi connectivity index (χ1n) is 28.3. The van der Waals surface area contributed by atoms with E-state index in [1.54, 1.807) is 0 Å². The summed E-state index contributed by atoms with van der Waals surface area (Å²) in [6.07, 6.45) is 0. The highest BCUT2D eigenvalue weighted by Gasteiger charge is 2.13. The lowest BCUT2D eigenvalue weighted by Gasteiger charge is -2.25. The lowest BCUT2D eigenvalue weighted by molar-refractivity contribution is 0.116. The molecule has 0 aliphatic heterocycles. The molecule has 0 N–H and O–H groups in total. The number of anilines is 2. The van der Waals surface area contributed by atoms with Crippen LogP contribution in [0.15, 0.2) is 231 Å². The summed E-state index contributed by atoms with van der Waals surface area (Å²) in [5, 5.41) is 9.77. The van der Waals surface area contributed by atoms with Gasteiger partial charge in [0.1, 0.15) is 11.0 Å². The molecule has 1 heterocycles. The molecule has 0 amide bonds. The van der Waals surface area contributed by atoms with E-state index in [-0.39, 0.29) is 0 Å². The van der Waals surface area contributed by atoms with E-state index in [2.05, 4.69) is 261 Å². The molecule has 0 aliphatic carbocycles.